The van der Waals surface area contributed by atoms with Crippen molar-refractivity contribution in [2.45, 2.75) is 50.6 Å². The van der Waals surface area contributed by atoms with Gasteiger partial charge in [0.05, 0.1) is 10.6 Å². The smallest absolute Gasteiger partial charge is 0.264 e. The highest BCUT2D eigenvalue weighted by molar-refractivity contribution is 9.10. The summed E-state index contributed by atoms with van der Waals surface area (Å²) in [6, 6.07) is 29.9. The standard InChI is InChI=1S/C35H38BrN3O4S/c1-25(2)29-15-17-31(18-16-29)39(44(42,43)32-19-13-26(3)14-20-32)24-34(40)38(23-28-11-8-12-30(36)21-28)33(35(41)37-4)22-27-9-6-5-7-10-27/h5-21,25,33H,22-24H2,1-4H3,(H,37,41). The summed E-state index contributed by atoms with van der Waals surface area (Å²) in [5.74, 6) is -0.593. The summed E-state index contributed by atoms with van der Waals surface area (Å²) in [6.45, 7) is 5.62. The third kappa shape index (κ3) is 8.15. The molecule has 1 unspecified atom stereocenters. The minimum Gasteiger partial charge on any atom is -0.357 e. The molecule has 4 aromatic carbocycles. The van der Waals surface area contributed by atoms with E-state index in [2.05, 4.69) is 35.1 Å². The van der Waals surface area contributed by atoms with Gasteiger partial charge in [0.1, 0.15) is 12.6 Å². The molecular weight excluding hydrogens is 638 g/mol. The zero-order valence-corrected chi connectivity index (χ0v) is 27.8. The van der Waals surface area contributed by atoms with Crippen LogP contribution in [0.2, 0.25) is 0 Å². The van der Waals surface area contributed by atoms with E-state index in [1.54, 1.807) is 36.4 Å². The Bertz CT molecular complexity index is 1680. The number of hydrogen-bond acceptors (Lipinski definition) is 4. The van der Waals surface area contributed by atoms with Crippen LogP contribution in [-0.2, 0) is 32.6 Å². The van der Waals surface area contributed by atoms with Crippen molar-refractivity contribution >= 4 is 43.5 Å². The molecule has 0 radical (unpaired) electrons. The first-order valence-electron chi connectivity index (χ1n) is 14.5. The van der Waals surface area contributed by atoms with E-state index in [4.69, 9.17) is 0 Å². The van der Waals surface area contributed by atoms with Gasteiger partial charge in [0, 0.05) is 24.5 Å². The lowest BCUT2D eigenvalue weighted by Gasteiger charge is -2.33. The fourth-order valence-corrected chi connectivity index (χ4v) is 6.81. The second-order valence-electron chi connectivity index (χ2n) is 11.0. The van der Waals surface area contributed by atoms with Crippen molar-refractivity contribution in [2.24, 2.45) is 0 Å². The van der Waals surface area contributed by atoms with Gasteiger partial charge in [-0.1, -0.05) is 102 Å². The Labute approximate surface area is 269 Å². The first-order chi connectivity index (χ1) is 21.0. The van der Waals surface area contributed by atoms with Crippen LogP contribution in [0.1, 0.15) is 42.0 Å². The predicted octanol–water partition coefficient (Wildman–Crippen LogP) is 6.46. The van der Waals surface area contributed by atoms with Gasteiger partial charge in [-0.3, -0.25) is 13.9 Å². The van der Waals surface area contributed by atoms with Gasteiger partial charge in [0.2, 0.25) is 11.8 Å². The fourth-order valence-electron chi connectivity index (χ4n) is 4.94. The van der Waals surface area contributed by atoms with Crippen molar-refractivity contribution in [2.75, 3.05) is 17.9 Å². The van der Waals surface area contributed by atoms with Crippen molar-refractivity contribution in [3.63, 3.8) is 0 Å². The number of anilines is 1. The van der Waals surface area contributed by atoms with Crippen LogP contribution in [0.25, 0.3) is 0 Å². The number of aryl methyl sites for hydroxylation is 1. The minimum absolute atomic E-state index is 0.0783. The summed E-state index contributed by atoms with van der Waals surface area (Å²) in [7, 11) is -2.61. The van der Waals surface area contributed by atoms with Crippen LogP contribution >= 0.6 is 15.9 Å². The Balaban J connectivity index is 1.79. The van der Waals surface area contributed by atoms with E-state index >= 15 is 0 Å². The highest BCUT2D eigenvalue weighted by Gasteiger charge is 2.34. The van der Waals surface area contributed by atoms with Crippen LogP contribution in [0.4, 0.5) is 5.69 Å². The Morgan fingerprint density at radius 2 is 1.48 bits per heavy atom. The van der Waals surface area contributed by atoms with Gasteiger partial charge in [-0.05, 0) is 65.9 Å². The largest absolute Gasteiger partial charge is 0.357 e. The molecule has 2 amide bonds. The molecule has 0 saturated carbocycles. The van der Waals surface area contributed by atoms with Crippen LogP contribution in [0.15, 0.2) is 112 Å². The molecule has 4 rings (SSSR count). The second-order valence-corrected chi connectivity index (χ2v) is 13.8. The number of likely N-dealkylation sites (N-methyl/N-ethyl adjacent to an activating group) is 1. The molecule has 0 aliphatic rings. The molecule has 0 spiro atoms. The molecular formula is C35H38BrN3O4S. The lowest BCUT2D eigenvalue weighted by atomic mass is 10.0. The van der Waals surface area contributed by atoms with Crippen molar-refractivity contribution < 1.29 is 18.0 Å². The maximum Gasteiger partial charge on any atom is 0.264 e. The molecule has 9 heteroatoms. The molecule has 0 aliphatic heterocycles. The number of nitrogens with one attached hydrogen (secondary N) is 1. The average molecular weight is 677 g/mol. The molecule has 0 bridgehead atoms. The summed E-state index contributed by atoms with van der Waals surface area (Å²) in [4.78, 5) is 29.3. The lowest BCUT2D eigenvalue weighted by molar-refractivity contribution is -0.139. The van der Waals surface area contributed by atoms with Crippen LogP contribution in [0.3, 0.4) is 0 Å². The normalized spacial score (nSPS) is 12.0. The maximum atomic E-state index is 14.4. The number of hydrogen-bond donors (Lipinski definition) is 1. The van der Waals surface area contributed by atoms with E-state index in [0.717, 1.165) is 31.0 Å². The van der Waals surface area contributed by atoms with Gasteiger partial charge in [-0.15, -0.1) is 0 Å². The molecule has 0 aromatic heterocycles. The third-order valence-corrected chi connectivity index (χ3v) is 9.78. The van der Waals surface area contributed by atoms with Crippen LogP contribution in [-0.4, -0.2) is 44.8 Å². The monoisotopic (exact) mass is 675 g/mol. The molecule has 230 valence electrons. The van der Waals surface area contributed by atoms with Crippen LogP contribution in [0.5, 0.6) is 0 Å². The second kappa shape index (κ2) is 14.7. The van der Waals surface area contributed by atoms with E-state index in [-0.39, 0.29) is 29.7 Å². The highest BCUT2D eigenvalue weighted by atomic mass is 79.9. The number of rotatable bonds is 12. The quantitative estimate of drug-likeness (QED) is 0.187. The first-order valence-corrected chi connectivity index (χ1v) is 16.7. The van der Waals surface area contributed by atoms with Crippen LogP contribution in [0, 0.1) is 6.92 Å². The van der Waals surface area contributed by atoms with E-state index in [1.165, 1.54) is 11.9 Å². The SMILES string of the molecule is CNC(=O)C(Cc1ccccc1)N(Cc1cccc(Br)c1)C(=O)CN(c1ccc(C(C)C)cc1)S(=O)(=O)c1ccc(C)cc1. The van der Waals surface area contributed by atoms with E-state index in [1.807, 2.05) is 73.7 Å². The Hall–Kier alpha value is -3.95. The number of sulfonamides is 1. The summed E-state index contributed by atoms with van der Waals surface area (Å²) in [5, 5.41) is 2.71. The number of carbonyl (C=O) groups excluding carboxylic acids is 2. The molecule has 1 N–H and O–H groups in total. The molecule has 0 saturated heterocycles. The van der Waals surface area contributed by atoms with Gasteiger partial charge < -0.3 is 10.2 Å². The third-order valence-electron chi connectivity index (χ3n) is 7.50. The maximum absolute atomic E-state index is 14.4. The zero-order valence-electron chi connectivity index (χ0n) is 25.4. The average Bonchev–Trinajstić information content (AvgIpc) is 3.01. The van der Waals surface area contributed by atoms with Gasteiger partial charge in [-0.25, -0.2) is 8.42 Å². The van der Waals surface area contributed by atoms with Crippen molar-refractivity contribution in [3.8, 4) is 0 Å². The van der Waals surface area contributed by atoms with E-state index < -0.39 is 28.5 Å². The van der Waals surface area contributed by atoms with Crippen molar-refractivity contribution in [3.05, 3.63) is 130 Å². The first kappa shape index (κ1) is 33.0. The minimum atomic E-state index is -4.14. The topological polar surface area (TPSA) is 86.8 Å². The fraction of sp³-hybridized carbons (Fsp3) is 0.257. The van der Waals surface area contributed by atoms with Gasteiger partial charge >= 0.3 is 0 Å². The summed E-state index contributed by atoms with van der Waals surface area (Å²) in [5.41, 5.74) is 4.00. The molecule has 4 aromatic rings. The van der Waals surface area contributed by atoms with Crippen molar-refractivity contribution in [1.29, 1.82) is 0 Å². The Morgan fingerprint density at radius 3 is 2.07 bits per heavy atom. The molecule has 0 aliphatic carbocycles. The highest BCUT2D eigenvalue weighted by Crippen LogP contribution is 2.27. The van der Waals surface area contributed by atoms with Gasteiger partial charge in [-0.2, -0.15) is 0 Å². The number of benzene rings is 4. The van der Waals surface area contributed by atoms with Crippen molar-refractivity contribution in [1.82, 2.24) is 10.2 Å². The number of carbonyl (C=O) groups is 2. The lowest BCUT2D eigenvalue weighted by Crippen LogP contribution is -2.53. The zero-order chi connectivity index (χ0) is 31.9. The summed E-state index contributed by atoms with van der Waals surface area (Å²) >= 11 is 3.50. The predicted molar refractivity (Wildman–Crippen MR) is 179 cm³/mol. The number of nitrogens with zero attached hydrogens (tertiary/aromatic N) is 2. The van der Waals surface area contributed by atoms with E-state index in [9.17, 15) is 18.0 Å². The Kier molecular flexibility index (Phi) is 11.0. The van der Waals surface area contributed by atoms with Gasteiger partial charge in [0.25, 0.3) is 10.0 Å². The Morgan fingerprint density at radius 1 is 0.841 bits per heavy atom. The summed E-state index contributed by atoms with van der Waals surface area (Å²) in [6.07, 6.45) is 0.258. The summed E-state index contributed by atoms with van der Waals surface area (Å²) < 4.78 is 30.3. The number of halogens is 1. The van der Waals surface area contributed by atoms with Gasteiger partial charge in [0.15, 0.2) is 0 Å². The number of amides is 2. The molecule has 7 nitrogen and oxygen atoms in total. The van der Waals surface area contributed by atoms with E-state index in [0.29, 0.717) is 5.69 Å². The molecule has 0 heterocycles. The van der Waals surface area contributed by atoms with Crippen LogP contribution < -0.4 is 9.62 Å². The molecule has 1 atom stereocenters. The molecule has 44 heavy (non-hydrogen) atoms. The molecule has 0 fully saturated rings.